The molecule has 1 aliphatic heterocycles. The molecular formula is C21H31ClN4O2. The minimum absolute atomic E-state index is 0. The highest BCUT2D eigenvalue weighted by Crippen LogP contribution is 2.22. The van der Waals surface area contributed by atoms with Crippen LogP contribution in [0.3, 0.4) is 0 Å². The molecule has 1 aromatic carbocycles. The summed E-state index contributed by atoms with van der Waals surface area (Å²) in [6.45, 7) is 7.87. The molecule has 1 aliphatic rings. The molecule has 3 rings (SSSR count). The minimum Gasteiger partial charge on any atom is -0.342 e. The number of amides is 2. The minimum atomic E-state index is 0. The molecule has 0 spiro atoms. The van der Waals surface area contributed by atoms with E-state index in [2.05, 4.69) is 10.6 Å². The molecule has 0 bridgehead atoms. The first-order chi connectivity index (χ1) is 13.1. The lowest BCUT2D eigenvalue weighted by atomic mass is 10.0. The van der Waals surface area contributed by atoms with Crippen molar-refractivity contribution in [2.24, 2.45) is 5.92 Å². The number of anilines is 1. The van der Waals surface area contributed by atoms with E-state index in [1.165, 1.54) is 6.42 Å². The van der Waals surface area contributed by atoms with Gasteiger partial charge in [0, 0.05) is 42.3 Å². The number of carbonyl (C=O) groups excluding carboxylic acids is 2. The second kappa shape index (κ2) is 10.5. The van der Waals surface area contributed by atoms with Gasteiger partial charge in [0.1, 0.15) is 6.54 Å². The van der Waals surface area contributed by atoms with Crippen molar-refractivity contribution in [1.29, 1.82) is 0 Å². The van der Waals surface area contributed by atoms with E-state index >= 15 is 0 Å². The van der Waals surface area contributed by atoms with Gasteiger partial charge in [-0.05, 0) is 70.0 Å². The number of hydrogen-bond acceptors (Lipinski definition) is 3. The van der Waals surface area contributed by atoms with Gasteiger partial charge in [-0.1, -0.05) is 0 Å². The lowest BCUT2D eigenvalue weighted by Gasteiger charge is -2.19. The predicted octanol–water partition coefficient (Wildman–Crippen LogP) is 3.26. The van der Waals surface area contributed by atoms with E-state index < -0.39 is 0 Å². The smallest absolute Gasteiger partial charge is 0.242 e. The average molecular weight is 407 g/mol. The summed E-state index contributed by atoms with van der Waals surface area (Å²) in [6, 6.07) is 7.85. The predicted molar refractivity (Wildman–Crippen MR) is 116 cm³/mol. The van der Waals surface area contributed by atoms with Gasteiger partial charge < -0.3 is 20.1 Å². The van der Waals surface area contributed by atoms with E-state index in [0.717, 1.165) is 49.2 Å². The van der Waals surface area contributed by atoms with Crippen molar-refractivity contribution in [3.05, 3.63) is 30.5 Å². The summed E-state index contributed by atoms with van der Waals surface area (Å²) in [4.78, 5) is 26.4. The highest BCUT2D eigenvalue weighted by molar-refractivity contribution is 5.94. The molecule has 2 amide bonds. The van der Waals surface area contributed by atoms with E-state index in [9.17, 15) is 9.59 Å². The summed E-state index contributed by atoms with van der Waals surface area (Å²) in [5.41, 5.74) is 1.82. The topological polar surface area (TPSA) is 66.4 Å². The van der Waals surface area contributed by atoms with E-state index in [1.54, 1.807) is 0 Å². The van der Waals surface area contributed by atoms with Gasteiger partial charge in [0.15, 0.2) is 0 Å². The zero-order valence-corrected chi connectivity index (χ0v) is 17.6. The van der Waals surface area contributed by atoms with Crippen molar-refractivity contribution < 1.29 is 9.59 Å². The van der Waals surface area contributed by atoms with Crippen LogP contribution >= 0.6 is 12.4 Å². The quantitative estimate of drug-likeness (QED) is 0.707. The standard InChI is InChI=1S/C21H30N4O2.ClH/c1-3-24(4-2)21(27)15-25-12-10-17-13-18(6-7-19(17)25)23-20(26)8-5-16-9-11-22-14-16;/h6-7,10,12-13,16,22H,3-5,8-9,11,14-15H2,1-2H3,(H,23,26);1H. The van der Waals surface area contributed by atoms with Crippen LogP contribution in [0.1, 0.15) is 33.1 Å². The number of nitrogens with one attached hydrogen (secondary N) is 2. The van der Waals surface area contributed by atoms with Crippen LogP contribution in [-0.2, 0) is 16.1 Å². The van der Waals surface area contributed by atoms with Gasteiger partial charge in [0.2, 0.25) is 11.8 Å². The molecule has 1 fully saturated rings. The van der Waals surface area contributed by atoms with Crippen LogP contribution in [0.5, 0.6) is 0 Å². The van der Waals surface area contributed by atoms with Crippen molar-refractivity contribution in [2.75, 3.05) is 31.5 Å². The molecule has 1 unspecified atom stereocenters. The summed E-state index contributed by atoms with van der Waals surface area (Å²) in [5.74, 6) is 0.810. The Bertz CT molecular complexity index is 795. The molecule has 6 nitrogen and oxygen atoms in total. The number of aromatic nitrogens is 1. The number of carbonyl (C=O) groups is 2. The van der Waals surface area contributed by atoms with Gasteiger partial charge in [0.05, 0.1) is 0 Å². The number of halogens is 1. The van der Waals surface area contributed by atoms with Gasteiger partial charge in [-0.25, -0.2) is 0 Å². The van der Waals surface area contributed by atoms with Crippen LogP contribution < -0.4 is 10.6 Å². The maximum absolute atomic E-state index is 12.4. The molecular weight excluding hydrogens is 376 g/mol. The Balaban J connectivity index is 0.00000280. The number of hydrogen-bond donors (Lipinski definition) is 2. The average Bonchev–Trinajstić information content (AvgIpc) is 3.31. The van der Waals surface area contributed by atoms with Crippen LogP contribution in [0.4, 0.5) is 5.69 Å². The molecule has 2 N–H and O–H groups in total. The number of rotatable bonds is 8. The number of nitrogens with zero attached hydrogens (tertiary/aromatic N) is 2. The Labute approximate surface area is 173 Å². The SMILES string of the molecule is CCN(CC)C(=O)Cn1ccc2cc(NC(=O)CCC3CCNC3)ccc21.Cl. The maximum atomic E-state index is 12.4. The lowest BCUT2D eigenvalue weighted by Crippen LogP contribution is -2.33. The van der Waals surface area contributed by atoms with Crippen molar-refractivity contribution >= 4 is 40.8 Å². The molecule has 2 heterocycles. The summed E-state index contributed by atoms with van der Waals surface area (Å²) < 4.78 is 1.97. The Morgan fingerprint density at radius 2 is 2.04 bits per heavy atom. The van der Waals surface area contributed by atoms with Crippen molar-refractivity contribution in [1.82, 2.24) is 14.8 Å². The Morgan fingerprint density at radius 1 is 1.25 bits per heavy atom. The van der Waals surface area contributed by atoms with Gasteiger partial charge in [-0.3, -0.25) is 9.59 Å². The van der Waals surface area contributed by atoms with Crippen LogP contribution in [0.25, 0.3) is 10.9 Å². The summed E-state index contributed by atoms with van der Waals surface area (Å²) in [7, 11) is 0. The van der Waals surface area contributed by atoms with Crippen LogP contribution in [0.15, 0.2) is 30.5 Å². The summed E-state index contributed by atoms with van der Waals surface area (Å²) in [5, 5.41) is 7.36. The van der Waals surface area contributed by atoms with Crippen molar-refractivity contribution in [2.45, 2.75) is 39.7 Å². The maximum Gasteiger partial charge on any atom is 0.242 e. The van der Waals surface area contributed by atoms with E-state index in [4.69, 9.17) is 0 Å². The van der Waals surface area contributed by atoms with E-state index in [0.29, 0.717) is 18.9 Å². The number of fused-ring (bicyclic) bond motifs is 1. The molecule has 0 aliphatic carbocycles. The van der Waals surface area contributed by atoms with E-state index in [1.807, 2.05) is 53.8 Å². The largest absolute Gasteiger partial charge is 0.342 e. The Hall–Kier alpha value is -2.05. The molecule has 154 valence electrons. The van der Waals surface area contributed by atoms with Gasteiger partial charge in [-0.15, -0.1) is 12.4 Å². The molecule has 1 saturated heterocycles. The zero-order chi connectivity index (χ0) is 19.2. The lowest BCUT2D eigenvalue weighted by molar-refractivity contribution is -0.131. The van der Waals surface area contributed by atoms with Crippen molar-refractivity contribution in [3.63, 3.8) is 0 Å². The molecule has 2 aromatic rings. The first-order valence-corrected chi connectivity index (χ1v) is 9.98. The summed E-state index contributed by atoms with van der Waals surface area (Å²) >= 11 is 0. The fourth-order valence-electron chi connectivity index (χ4n) is 3.76. The van der Waals surface area contributed by atoms with Crippen LogP contribution in [0.2, 0.25) is 0 Å². The first-order valence-electron chi connectivity index (χ1n) is 9.98. The fraction of sp³-hybridized carbons (Fsp3) is 0.524. The van der Waals surface area contributed by atoms with Gasteiger partial charge >= 0.3 is 0 Å². The Kier molecular flexibility index (Phi) is 8.33. The van der Waals surface area contributed by atoms with Gasteiger partial charge in [0.25, 0.3) is 0 Å². The molecule has 0 radical (unpaired) electrons. The third kappa shape index (κ3) is 5.49. The molecule has 1 aromatic heterocycles. The number of likely N-dealkylation sites (N-methyl/N-ethyl adjacent to an activating group) is 1. The van der Waals surface area contributed by atoms with Crippen molar-refractivity contribution in [3.8, 4) is 0 Å². The Morgan fingerprint density at radius 3 is 2.71 bits per heavy atom. The molecule has 0 saturated carbocycles. The molecule has 7 heteroatoms. The second-order valence-corrected chi connectivity index (χ2v) is 7.23. The molecule has 28 heavy (non-hydrogen) atoms. The number of benzene rings is 1. The summed E-state index contributed by atoms with van der Waals surface area (Å²) in [6.07, 6.45) is 4.60. The van der Waals surface area contributed by atoms with Gasteiger partial charge in [-0.2, -0.15) is 0 Å². The van der Waals surface area contributed by atoms with E-state index in [-0.39, 0.29) is 24.2 Å². The highest BCUT2D eigenvalue weighted by Gasteiger charge is 2.16. The van der Waals surface area contributed by atoms with Crippen LogP contribution in [-0.4, -0.2) is 47.5 Å². The zero-order valence-electron chi connectivity index (χ0n) is 16.7. The highest BCUT2D eigenvalue weighted by atomic mass is 35.5. The fourth-order valence-corrected chi connectivity index (χ4v) is 3.76. The molecule has 1 atom stereocenters. The normalized spacial score (nSPS) is 16.0. The third-order valence-corrected chi connectivity index (χ3v) is 5.42. The second-order valence-electron chi connectivity index (χ2n) is 7.23. The third-order valence-electron chi connectivity index (χ3n) is 5.42. The first kappa shape index (κ1) is 22.2. The monoisotopic (exact) mass is 406 g/mol. The van der Waals surface area contributed by atoms with Crippen LogP contribution in [0, 0.1) is 5.92 Å².